The molecule has 23 heavy (non-hydrogen) atoms. The van der Waals surface area contributed by atoms with E-state index < -0.39 is 0 Å². The Balaban J connectivity index is 1.82. The molecular weight excluding hydrogens is 314 g/mol. The first-order valence-corrected chi connectivity index (χ1v) is 7.38. The van der Waals surface area contributed by atoms with Gasteiger partial charge in [-0.1, -0.05) is 17.7 Å². The van der Waals surface area contributed by atoms with Crippen molar-refractivity contribution in [1.29, 1.82) is 0 Å². The summed E-state index contributed by atoms with van der Waals surface area (Å²) in [6.45, 7) is 3.76. The van der Waals surface area contributed by atoms with Crippen molar-refractivity contribution in [2.75, 3.05) is 5.32 Å². The zero-order valence-corrected chi connectivity index (χ0v) is 13.4. The van der Waals surface area contributed by atoms with Crippen LogP contribution in [-0.2, 0) is 0 Å². The minimum Gasteiger partial charge on any atom is -0.441 e. The van der Waals surface area contributed by atoms with Crippen molar-refractivity contribution in [2.24, 2.45) is 0 Å². The van der Waals surface area contributed by atoms with E-state index in [0.29, 0.717) is 22.3 Å². The van der Waals surface area contributed by atoms with E-state index in [4.69, 9.17) is 16.0 Å². The van der Waals surface area contributed by atoms with E-state index in [1.165, 1.54) is 6.20 Å². The first-order chi connectivity index (χ1) is 11.0. The van der Waals surface area contributed by atoms with Crippen LogP contribution in [0.2, 0.25) is 5.15 Å². The van der Waals surface area contributed by atoms with Gasteiger partial charge in [-0.2, -0.15) is 0 Å². The van der Waals surface area contributed by atoms with Crippen LogP contribution in [0.3, 0.4) is 0 Å². The van der Waals surface area contributed by atoms with E-state index in [1.54, 1.807) is 18.2 Å². The summed E-state index contributed by atoms with van der Waals surface area (Å²) in [5.74, 6) is 1.05. The molecule has 2 heterocycles. The lowest BCUT2D eigenvalue weighted by molar-refractivity contribution is 0.102. The summed E-state index contributed by atoms with van der Waals surface area (Å²) in [6.07, 6.45) is 1.43. The molecule has 1 N–H and O–H groups in total. The highest BCUT2D eigenvalue weighted by Crippen LogP contribution is 2.24. The Morgan fingerprint density at radius 3 is 2.70 bits per heavy atom. The monoisotopic (exact) mass is 327 g/mol. The number of oxazole rings is 1. The van der Waals surface area contributed by atoms with Crippen LogP contribution in [0.25, 0.3) is 11.5 Å². The fourth-order valence-corrected chi connectivity index (χ4v) is 2.15. The highest BCUT2D eigenvalue weighted by molar-refractivity contribution is 6.29. The van der Waals surface area contributed by atoms with Gasteiger partial charge < -0.3 is 9.73 Å². The summed E-state index contributed by atoms with van der Waals surface area (Å²) in [6, 6.07) is 10.5. The molecule has 0 aliphatic carbocycles. The first kappa shape index (κ1) is 15.2. The van der Waals surface area contributed by atoms with Crippen molar-refractivity contribution >= 4 is 23.2 Å². The van der Waals surface area contributed by atoms with Gasteiger partial charge in [-0.3, -0.25) is 4.79 Å². The van der Waals surface area contributed by atoms with Crippen LogP contribution in [0.15, 0.2) is 47.0 Å². The Labute approximate surface area is 138 Å². The van der Waals surface area contributed by atoms with E-state index in [0.717, 1.165) is 17.0 Å². The maximum atomic E-state index is 12.2. The Kier molecular flexibility index (Phi) is 4.12. The van der Waals surface area contributed by atoms with Crippen LogP contribution in [0.5, 0.6) is 0 Å². The van der Waals surface area contributed by atoms with Gasteiger partial charge in [-0.15, -0.1) is 0 Å². The van der Waals surface area contributed by atoms with Gasteiger partial charge in [0.25, 0.3) is 5.91 Å². The van der Waals surface area contributed by atoms with Gasteiger partial charge in [0.05, 0.1) is 11.3 Å². The molecular formula is C17H14ClN3O2. The third-order valence-electron chi connectivity index (χ3n) is 3.39. The van der Waals surface area contributed by atoms with Gasteiger partial charge in [0, 0.05) is 17.4 Å². The zero-order chi connectivity index (χ0) is 16.4. The van der Waals surface area contributed by atoms with Gasteiger partial charge in [-0.25, -0.2) is 9.97 Å². The number of rotatable bonds is 3. The summed E-state index contributed by atoms with van der Waals surface area (Å²) >= 11 is 5.72. The lowest BCUT2D eigenvalue weighted by Gasteiger charge is -2.06. The molecule has 0 aliphatic rings. The minimum absolute atomic E-state index is 0.258. The van der Waals surface area contributed by atoms with Crippen LogP contribution in [0, 0.1) is 13.8 Å². The third-order valence-corrected chi connectivity index (χ3v) is 3.61. The van der Waals surface area contributed by atoms with Gasteiger partial charge in [0.1, 0.15) is 10.9 Å². The van der Waals surface area contributed by atoms with E-state index in [9.17, 15) is 4.79 Å². The first-order valence-electron chi connectivity index (χ1n) is 7.00. The lowest BCUT2D eigenvalue weighted by Crippen LogP contribution is -2.12. The number of anilines is 1. The molecule has 5 nitrogen and oxygen atoms in total. The molecule has 0 spiro atoms. The standard InChI is InChI=1S/C17H14ClN3O2/c1-10-11(2)23-17(20-10)12-4-3-5-14(8-12)21-16(22)13-6-7-15(18)19-9-13/h3-9H,1-2H3,(H,21,22). The molecule has 0 unspecified atom stereocenters. The number of carbonyl (C=O) groups excluding carboxylic acids is 1. The van der Waals surface area contributed by atoms with Gasteiger partial charge in [-0.05, 0) is 44.2 Å². The molecule has 6 heteroatoms. The summed E-state index contributed by atoms with van der Waals surface area (Å²) in [7, 11) is 0. The molecule has 3 rings (SSSR count). The SMILES string of the molecule is Cc1nc(-c2cccc(NC(=O)c3ccc(Cl)nc3)c2)oc1C. The Bertz CT molecular complexity index is 837. The molecule has 0 aliphatic heterocycles. The predicted molar refractivity (Wildman–Crippen MR) is 88.6 cm³/mol. The predicted octanol–water partition coefficient (Wildman–Crippen LogP) is 4.26. The number of aromatic nitrogens is 2. The molecule has 116 valence electrons. The number of carbonyl (C=O) groups is 1. The third kappa shape index (κ3) is 3.40. The molecule has 0 atom stereocenters. The summed E-state index contributed by atoms with van der Waals surface area (Å²) in [5.41, 5.74) is 2.73. The average Bonchev–Trinajstić information content (AvgIpc) is 2.88. The minimum atomic E-state index is -0.258. The molecule has 1 aromatic carbocycles. The van der Waals surface area contributed by atoms with Gasteiger partial charge in [0.2, 0.25) is 5.89 Å². The number of amides is 1. The van der Waals surface area contributed by atoms with Crippen molar-refractivity contribution in [1.82, 2.24) is 9.97 Å². The van der Waals surface area contributed by atoms with Crippen LogP contribution in [-0.4, -0.2) is 15.9 Å². The lowest BCUT2D eigenvalue weighted by atomic mass is 10.2. The number of benzene rings is 1. The number of halogens is 1. The molecule has 2 aromatic heterocycles. The van der Waals surface area contributed by atoms with Crippen molar-refractivity contribution in [3.05, 3.63) is 64.8 Å². The number of hydrogen-bond acceptors (Lipinski definition) is 4. The van der Waals surface area contributed by atoms with Crippen LogP contribution in [0.1, 0.15) is 21.8 Å². The number of nitrogens with one attached hydrogen (secondary N) is 1. The zero-order valence-electron chi connectivity index (χ0n) is 12.6. The summed E-state index contributed by atoms with van der Waals surface area (Å²) < 4.78 is 5.61. The van der Waals surface area contributed by atoms with E-state index in [1.807, 2.05) is 32.0 Å². The van der Waals surface area contributed by atoms with E-state index >= 15 is 0 Å². The molecule has 3 aromatic rings. The molecule has 0 radical (unpaired) electrons. The van der Waals surface area contributed by atoms with Crippen LogP contribution < -0.4 is 5.32 Å². The molecule has 1 amide bonds. The van der Waals surface area contributed by atoms with Crippen LogP contribution >= 0.6 is 11.6 Å². The quantitative estimate of drug-likeness (QED) is 0.730. The van der Waals surface area contributed by atoms with Crippen molar-refractivity contribution in [3.63, 3.8) is 0 Å². The number of nitrogens with zero attached hydrogens (tertiary/aromatic N) is 2. The van der Waals surface area contributed by atoms with Crippen molar-refractivity contribution < 1.29 is 9.21 Å². The van der Waals surface area contributed by atoms with Crippen molar-refractivity contribution in [3.8, 4) is 11.5 Å². The maximum Gasteiger partial charge on any atom is 0.257 e. The molecule has 0 saturated carbocycles. The van der Waals surface area contributed by atoms with Crippen LogP contribution in [0.4, 0.5) is 5.69 Å². The second-order valence-electron chi connectivity index (χ2n) is 5.07. The maximum absolute atomic E-state index is 12.2. The normalized spacial score (nSPS) is 10.6. The molecule has 0 saturated heterocycles. The fourth-order valence-electron chi connectivity index (χ4n) is 2.04. The molecule has 0 bridgehead atoms. The van der Waals surface area contributed by atoms with E-state index in [-0.39, 0.29) is 5.91 Å². The largest absolute Gasteiger partial charge is 0.441 e. The smallest absolute Gasteiger partial charge is 0.257 e. The Morgan fingerprint density at radius 1 is 1.22 bits per heavy atom. The second kappa shape index (κ2) is 6.22. The fraction of sp³-hybridized carbons (Fsp3) is 0.118. The highest BCUT2D eigenvalue weighted by Gasteiger charge is 2.11. The summed E-state index contributed by atoms with van der Waals surface area (Å²) in [4.78, 5) is 20.5. The number of aryl methyl sites for hydroxylation is 2. The Hall–Kier alpha value is -2.66. The number of hydrogen-bond donors (Lipinski definition) is 1. The average molecular weight is 328 g/mol. The second-order valence-corrected chi connectivity index (χ2v) is 5.45. The molecule has 0 fully saturated rings. The topological polar surface area (TPSA) is 68.0 Å². The van der Waals surface area contributed by atoms with E-state index in [2.05, 4.69) is 15.3 Å². The van der Waals surface area contributed by atoms with Gasteiger partial charge in [0.15, 0.2) is 0 Å². The Morgan fingerprint density at radius 2 is 2.04 bits per heavy atom. The number of pyridine rings is 1. The van der Waals surface area contributed by atoms with Gasteiger partial charge >= 0.3 is 0 Å². The van der Waals surface area contributed by atoms with Crippen molar-refractivity contribution in [2.45, 2.75) is 13.8 Å². The highest BCUT2D eigenvalue weighted by atomic mass is 35.5. The summed E-state index contributed by atoms with van der Waals surface area (Å²) in [5, 5.41) is 3.16.